The molecule has 78 valence electrons. The summed E-state index contributed by atoms with van der Waals surface area (Å²) in [5.41, 5.74) is -0.140. The molecular formula is C10H21NO2. The van der Waals surface area contributed by atoms with Crippen LogP contribution in [-0.4, -0.2) is 36.0 Å². The van der Waals surface area contributed by atoms with Crippen molar-refractivity contribution in [2.24, 2.45) is 11.3 Å². The van der Waals surface area contributed by atoms with E-state index in [4.69, 9.17) is 0 Å². The second-order valence-electron chi connectivity index (χ2n) is 4.79. The van der Waals surface area contributed by atoms with Crippen molar-refractivity contribution in [3.8, 4) is 0 Å². The molecule has 0 heterocycles. The van der Waals surface area contributed by atoms with Crippen LogP contribution in [0.5, 0.6) is 0 Å². The highest BCUT2D eigenvalue weighted by Crippen LogP contribution is 2.48. The topological polar surface area (TPSA) is 52.5 Å². The van der Waals surface area contributed by atoms with Crippen molar-refractivity contribution in [3.63, 3.8) is 0 Å². The van der Waals surface area contributed by atoms with Gasteiger partial charge in [-0.15, -0.1) is 0 Å². The molecule has 3 heteroatoms. The van der Waals surface area contributed by atoms with E-state index in [1.54, 1.807) is 0 Å². The van der Waals surface area contributed by atoms with E-state index in [9.17, 15) is 10.2 Å². The second kappa shape index (κ2) is 3.56. The van der Waals surface area contributed by atoms with Gasteiger partial charge in [0.25, 0.3) is 0 Å². The molecule has 1 aliphatic rings. The fourth-order valence-corrected chi connectivity index (χ4v) is 2.63. The number of nitrogens with one attached hydrogen (secondary N) is 1. The van der Waals surface area contributed by atoms with E-state index in [1.165, 1.54) is 0 Å². The Bertz CT molecular complexity index is 176. The lowest BCUT2D eigenvalue weighted by molar-refractivity contribution is 0.0490. The van der Waals surface area contributed by atoms with E-state index in [0.29, 0.717) is 0 Å². The minimum Gasteiger partial charge on any atom is -0.396 e. The van der Waals surface area contributed by atoms with Crippen molar-refractivity contribution in [2.75, 3.05) is 20.3 Å². The molecule has 13 heavy (non-hydrogen) atoms. The van der Waals surface area contributed by atoms with Crippen LogP contribution in [-0.2, 0) is 0 Å². The van der Waals surface area contributed by atoms with Gasteiger partial charge in [-0.25, -0.2) is 0 Å². The van der Waals surface area contributed by atoms with Crippen LogP contribution in [0.2, 0.25) is 0 Å². The molecule has 1 fully saturated rings. The highest BCUT2D eigenvalue weighted by molar-refractivity contribution is 5.05. The van der Waals surface area contributed by atoms with Gasteiger partial charge in [0.15, 0.2) is 0 Å². The molecule has 3 nitrogen and oxygen atoms in total. The van der Waals surface area contributed by atoms with E-state index >= 15 is 0 Å². The third kappa shape index (κ3) is 1.60. The zero-order valence-corrected chi connectivity index (χ0v) is 8.80. The van der Waals surface area contributed by atoms with Crippen LogP contribution in [0, 0.1) is 11.3 Å². The van der Waals surface area contributed by atoms with E-state index in [-0.39, 0.29) is 30.1 Å². The van der Waals surface area contributed by atoms with Crippen molar-refractivity contribution < 1.29 is 10.2 Å². The number of hydrogen-bond acceptors (Lipinski definition) is 3. The summed E-state index contributed by atoms with van der Waals surface area (Å²) in [5.74, 6) is 0.148. The quantitative estimate of drug-likeness (QED) is 0.598. The number of rotatable bonds is 3. The van der Waals surface area contributed by atoms with Crippen molar-refractivity contribution in [2.45, 2.75) is 32.2 Å². The standard InChI is InChI=1S/C10H21NO2/c1-9(2)4-5-10(7-13,11-3)8(9)6-12/h8,11-13H,4-7H2,1-3H3. The fraction of sp³-hybridized carbons (Fsp3) is 1.00. The molecule has 0 amide bonds. The SMILES string of the molecule is CNC1(CO)CCC(C)(C)C1CO. The van der Waals surface area contributed by atoms with Gasteiger partial charge in [-0.05, 0) is 25.3 Å². The minimum atomic E-state index is -0.266. The molecule has 1 rings (SSSR count). The van der Waals surface area contributed by atoms with Crippen molar-refractivity contribution in [1.82, 2.24) is 5.32 Å². The Morgan fingerprint density at radius 2 is 1.92 bits per heavy atom. The highest BCUT2D eigenvalue weighted by Gasteiger charge is 2.50. The lowest BCUT2D eigenvalue weighted by atomic mass is 9.76. The van der Waals surface area contributed by atoms with Crippen molar-refractivity contribution in [1.29, 1.82) is 0 Å². The Morgan fingerprint density at radius 1 is 1.31 bits per heavy atom. The molecule has 0 aromatic rings. The Labute approximate surface area is 80.2 Å². The lowest BCUT2D eigenvalue weighted by Crippen LogP contribution is -2.53. The predicted octanol–water partition coefficient (Wildman–Crippen LogP) is 0.365. The molecule has 0 spiro atoms. The minimum absolute atomic E-state index is 0.109. The summed E-state index contributed by atoms with van der Waals surface area (Å²) in [6.07, 6.45) is 2.00. The molecule has 0 saturated heterocycles. The third-order valence-corrected chi connectivity index (χ3v) is 3.79. The van der Waals surface area contributed by atoms with Gasteiger partial charge >= 0.3 is 0 Å². The maximum absolute atomic E-state index is 9.38. The van der Waals surface area contributed by atoms with Crippen LogP contribution < -0.4 is 5.32 Å². The summed E-state index contributed by atoms with van der Waals surface area (Å²) in [6.45, 7) is 4.57. The summed E-state index contributed by atoms with van der Waals surface area (Å²) in [5, 5.41) is 21.9. The number of likely N-dealkylation sites (N-methyl/N-ethyl adjacent to an activating group) is 1. The maximum atomic E-state index is 9.38. The van der Waals surface area contributed by atoms with Crippen molar-refractivity contribution in [3.05, 3.63) is 0 Å². The average Bonchev–Trinajstić information content (AvgIpc) is 2.37. The van der Waals surface area contributed by atoms with Crippen LogP contribution in [0.1, 0.15) is 26.7 Å². The second-order valence-corrected chi connectivity index (χ2v) is 4.79. The molecule has 0 bridgehead atoms. The summed E-state index contributed by atoms with van der Waals surface area (Å²) in [7, 11) is 1.86. The zero-order chi connectivity index (χ0) is 10.1. The summed E-state index contributed by atoms with van der Waals surface area (Å²) < 4.78 is 0. The fourth-order valence-electron chi connectivity index (χ4n) is 2.63. The van der Waals surface area contributed by atoms with E-state index in [2.05, 4.69) is 19.2 Å². The molecule has 1 saturated carbocycles. The number of hydrogen-bond donors (Lipinski definition) is 3. The molecule has 0 radical (unpaired) electrons. The van der Waals surface area contributed by atoms with E-state index in [0.717, 1.165) is 12.8 Å². The molecule has 1 aliphatic carbocycles. The van der Waals surface area contributed by atoms with Crippen LogP contribution in [0.25, 0.3) is 0 Å². The van der Waals surface area contributed by atoms with E-state index < -0.39 is 0 Å². The molecule has 2 atom stereocenters. The molecular weight excluding hydrogens is 166 g/mol. The Balaban J connectivity index is 2.89. The number of aliphatic hydroxyl groups excluding tert-OH is 2. The summed E-state index contributed by atoms with van der Waals surface area (Å²) in [4.78, 5) is 0. The Kier molecular flexibility index (Phi) is 3.00. The molecule has 0 aromatic carbocycles. The molecule has 0 aliphatic heterocycles. The largest absolute Gasteiger partial charge is 0.396 e. The Morgan fingerprint density at radius 3 is 2.23 bits per heavy atom. The first-order valence-corrected chi connectivity index (χ1v) is 4.93. The average molecular weight is 187 g/mol. The highest BCUT2D eigenvalue weighted by atomic mass is 16.3. The normalized spacial score (nSPS) is 38.1. The van der Waals surface area contributed by atoms with Gasteiger partial charge in [-0.3, -0.25) is 0 Å². The molecule has 3 N–H and O–H groups in total. The van der Waals surface area contributed by atoms with Gasteiger partial charge in [0, 0.05) is 18.1 Å². The van der Waals surface area contributed by atoms with E-state index in [1.807, 2.05) is 7.05 Å². The van der Waals surface area contributed by atoms with Gasteiger partial charge in [-0.1, -0.05) is 13.8 Å². The molecule has 0 aromatic heterocycles. The van der Waals surface area contributed by atoms with Crippen molar-refractivity contribution >= 4 is 0 Å². The summed E-state index contributed by atoms with van der Waals surface area (Å²) in [6, 6.07) is 0. The monoisotopic (exact) mass is 187 g/mol. The smallest absolute Gasteiger partial charge is 0.0617 e. The van der Waals surface area contributed by atoms with Gasteiger partial charge in [0.2, 0.25) is 0 Å². The predicted molar refractivity (Wildman–Crippen MR) is 52.5 cm³/mol. The van der Waals surface area contributed by atoms with Crippen LogP contribution in [0.15, 0.2) is 0 Å². The van der Waals surface area contributed by atoms with Gasteiger partial charge < -0.3 is 15.5 Å². The first-order chi connectivity index (χ1) is 6.02. The van der Waals surface area contributed by atoms with Gasteiger partial charge in [0.05, 0.1) is 6.61 Å². The van der Waals surface area contributed by atoms with Crippen LogP contribution in [0.4, 0.5) is 0 Å². The number of aliphatic hydroxyl groups is 2. The molecule has 2 unspecified atom stereocenters. The first kappa shape index (κ1) is 11.0. The zero-order valence-electron chi connectivity index (χ0n) is 8.80. The third-order valence-electron chi connectivity index (χ3n) is 3.79. The first-order valence-electron chi connectivity index (χ1n) is 4.93. The Hall–Kier alpha value is -0.120. The summed E-state index contributed by atoms with van der Waals surface area (Å²) >= 11 is 0. The van der Waals surface area contributed by atoms with Crippen LogP contribution in [0.3, 0.4) is 0 Å². The van der Waals surface area contributed by atoms with Gasteiger partial charge in [-0.2, -0.15) is 0 Å². The van der Waals surface area contributed by atoms with Crippen LogP contribution >= 0.6 is 0 Å². The maximum Gasteiger partial charge on any atom is 0.0617 e. The lowest BCUT2D eigenvalue weighted by Gasteiger charge is -2.37. The van der Waals surface area contributed by atoms with Gasteiger partial charge in [0.1, 0.15) is 0 Å².